The molecule has 17 heavy (non-hydrogen) atoms. The Hall–Kier alpha value is -0.900. The molecule has 0 aromatic carbocycles. The summed E-state index contributed by atoms with van der Waals surface area (Å²) < 4.78 is 0. The highest BCUT2D eigenvalue weighted by atomic mass is 32.1. The van der Waals surface area contributed by atoms with E-state index < -0.39 is 0 Å². The lowest BCUT2D eigenvalue weighted by atomic mass is 9.78. The first kappa shape index (κ1) is 12.6. The predicted octanol–water partition coefficient (Wildman–Crippen LogP) is 3.14. The highest BCUT2D eigenvalue weighted by molar-refractivity contribution is 7.17. The van der Waals surface area contributed by atoms with Crippen molar-refractivity contribution in [1.82, 2.24) is 4.98 Å². The molecule has 1 aliphatic rings. The van der Waals surface area contributed by atoms with E-state index in [4.69, 9.17) is 0 Å². The first-order valence-corrected chi connectivity index (χ1v) is 6.98. The van der Waals surface area contributed by atoms with Crippen LogP contribution in [0, 0.1) is 5.41 Å². The Labute approximate surface area is 107 Å². The number of carbonyl (C=O) groups excluding carboxylic acids is 1. The summed E-state index contributed by atoms with van der Waals surface area (Å²) in [6, 6.07) is 0. The summed E-state index contributed by atoms with van der Waals surface area (Å²) in [7, 11) is 2.05. The summed E-state index contributed by atoms with van der Waals surface area (Å²) in [6.45, 7) is 7.42. The van der Waals surface area contributed by atoms with Crippen LogP contribution in [0.2, 0.25) is 0 Å². The minimum Gasteiger partial charge on any atom is -0.351 e. The predicted molar refractivity (Wildman–Crippen MR) is 72.1 cm³/mol. The molecular formula is C13H20N2OS. The number of anilines is 1. The van der Waals surface area contributed by atoms with Gasteiger partial charge in [0, 0.05) is 20.0 Å². The molecule has 1 aliphatic carbocycles. The van der Waals surface area contributed by atoms with Crippen LogP contribution in [0.15, 0.2) is 0 Å². The Morgan fingerprint density at radius 2 is 2.12 bits per heavy atom. The smallest absolute Gasteiger partial charge is 0.185 e. The fourth-order valence-electron chi connectivity index (χ4n) is 2.30. The van der Waals surface area contributed by atoms with Gasteiger partial charge >= 0.3 is 0 Å². The van der Waals surface area contributed by atoms with Gasteiger partial charge in [0.2, 0.25) is 0 Å². The van der Waals surface area contributed by atoms with Gasteiger partial charge in [0.05, 0.1) is 10.6 Å². The summed E-state index contributed by atoms with van der Waals surface area (Å²) >= 11 is 1.56. The van der Waals surface area contributed by atoms with E-state index in [1.54, 1.807) is 11.3 Å². The molecule has 0 fully saturated rings. The minimum atomic E-state index is 0.0682. The van der Waals surface area contributed by atoms with Gasteiger partial charge in [-0.15, -0.1) is 0 Å². The third kappa shape index (κ3) is 2.51. The van der Waals surface area contributed by atoms with E-state index in [1.807, 2.05) is 7.05 Å². The molecule has 3 nitrogen and oxygen atoms in total. The molecule has 0 radical (unpaired) electrons. The topological polar surface area (TPSA) is 33.2 Å². The second-order valence-electron chi connectivity index (χ2n) is 5.63. The Balaban J connectivity index is 2.30. The van der Waals surface area contributed by atoms with E-state index in [9.17, 15) is 4.79 Å². The van der Waals surface area contributed by atoms with Crippen LogP contribution in [-0.4, -0.2) is 24.4 Å². The number of aromatic nitrogens is 1. The molecule has 0 aliphatic heterocycles. The standard InChI is InChI=1S/C13H20N2OS/c1-5-6-15(4)12-14-9-7-13(2,3)8-10(16)11(9)17-12/h5-8H2,1-4H3. The van der Waals surface area contributed by atoms with Crippen LogP contribution >= 0.6 is 11.3 Å². The van der Waals surface area contributed by atoms with Crippen molar-refractivity contribution in [2.75, 3.05) is 18.5 Å². The highest BCUT2D eigenvalue weighted by Crippen LogP contribution is 2.38. The molecule has 0 saturated heterocycles. The SMILES string of the molecule is CCCN(C)c1nc2c(s1)C(=O)CC(C)(C)C2. The molecule has 1 aromatic rings. The molecule has 0 bridgehead atoms. The highest BCUT2D eigenvalue weighted by Gasteiger charge is 2.34. The maximum Gasteiger partial charge on any atom is 0.185 e. The molecule has 0 N–H and O–H groups in total. The fraction of sp³-hybridized carbons (Fsp3) is 0.692. The summed E-state index contributed by atoms with van der Waals surface area (Å²) in [6.07, 6.45) is 2.67. The molecule has 0 saturated carbocycles. The van der Waals surface area contributed by atoms with Crippen molar-refractivity contribution in [3.63, 3.8) is 0 Å². The lowest BCUT2D eigenvalue weighted by molar-refractivity contribution is 0.0916. The Morgan fingerprint density at radius 3 is 2.76 bits per heavy atom. The number of thiazole rings is 1. The van der Waals surface area contributed by atoms with Crippen LogP contribution < -0.4 is 4.90 Å². The van der Waals surface area contributed by atoms with E-state index in [0.29, 0.717) is 6.42 Å². The average molecular weight is 252 g/mol. The van der Waals surface area contributed by atoms with Crippen molar-refractivity contribution in [3.8, 4) is 0 Å². The zero-order chi connectivity index (χ0) is 12.6. The molecule has 0 atom stereocenters. The van der Waals surface area contributed by atoms with Gasteiger partial charge in [0.15, 0.2) is 10.9 Å². The number of fused-ring (bicyclic) bond motifs is 1. The third-order valence-corrected chi connectivity index (χ3v) is 4.36. The van der Waals surface area contributed by atoms with Gasteiger partial charge in [-0.3, -0.25) is 4.79 Å². The summed E-state index contributed by atoms with van der Waals surface area (Å²) in [5.74, 6) is 0.268. The van der Waals surface area contributed by atoms with Crippen molar-refractivity contribution in [2.45, 2.75) is 40.0 Å². The van der Waals surface area contributed by atoms with Gasteiger partial charge in [-0.25, -0.2) is 4.98 Å². The van der Waals surface area contributed by atoms with Crippen LogP contribution in [-0.2, 0) is 6.42 Å². The monoisotopic (exact) mass is 252 g/mol. The molecule has 0 spiro atoms. The van der Waals surface area contributed by atoms with Gasteiger partial charge < -0.3 is 4.90 Å². The van der Waals surface area contributed by atoms with Crippen molar-refractivity contribution in [1.29, 1.82) is 0 Å². The molecule has 1 heterocycles. The van der Waals surface area contributed by atoms with Gasteiger partial charge in [-0.1, -0.05) is 32.1 Å². The van der Waals surface area contributed by atoms with Crippen molar-refractivity contribution < 1.29 is 4.79 Å². The zero-order valence-corrected chi connectivity index (χ0v) is 11.9. The first-order valence-electron chi connectivity index (χ1n) is 6.17. The largest absolute Gasteiger partial charge is 0.351 e. The van der Waals surface area contributed by atoms with Crippen LogP contribution in [0.5, 0.6) is 0 Å². The number of carbonyl (C=O) groups is 1. The second kappa shape index (κ2) is 4.41. The van der Waals surface area contributed by atoms with E-state index in [2.05, 4.69) is 30.7 Å². The first-order chi connectivity index (χ1) is 7.93. The molecule has 2 rings (SSSR count). The quantitative estimate of drug-likeness (QED) is 0.828. The van der Waals surface area contributed by atoms with Gasteiger partial charge in [-0.05, 0) is 18.3 Å². The van der Waals surface area contributed by atoms with Crippen LogP contribution in [0.3, 0.4) is 0 Å². The van der Waals surface area contributed by atoms with Crippen LogP contribution in [0.4, 0.5) is 5.13 Å². The number of ketones is 1. The normalized spacial score (nSPS) is 18.0. The van der Waals surface area contributed by atoms with Crippen LogP contribution in [0.25, 0.3) is 0 Å². The summed E-state index contributed by atoms with van der Waals surface area (Å²) in [5, 5.41) is 0.989. The third-order valence-electron chi connectivity index (χ3n) is 3.11. The van der Waals surface area contributed by atoms with Gasteiger partial charge in [-0.2, -0.15) is 0 Å². The van der Waals surface area contributed by atoms with E-state index in [1.165, 1.54) is 0 Å². The maximum absolute atomic E-state index is 12.0. The minimum absolute atomic E-state index is 0.0682. The Bertz CT molecular complexity index is 437. The van der Waals surface area contributed by atoms with E-state index in [0.717, 1.165) is 35.1 Å². The number of hydrogen-bond donors (Lipinski definition) is 0. The average Bonchev–Trinajstić information content (AvgIpc) is 2.60. The molecule has 0 unspecified atom stereocenters. The number of rotatable bonds is 3. The lowest BCUT2D eigenvalue weighted by Gasteiger charge is -2.26. The summed E-state index contributed by atoms with van der Waals surface area (Å²) in [5.41, 5.74) is 1.08. The summed E-state index contributed by atoms with van der Waals surface area (Å²) in [4.78, 5) is 19.7. The van der Waals surface area contributed by atoms with Gasteiger partial charge in [0.25, 0.3) is 0 Å². The molecule has 94 valence electrons. The van der Waals surface area contributed by atoms with Crippen molar-refractivity contribution in [2.24, 2.45) is 5.41 Å². The number of hydrogen-bond acceptors (Lipinski definition) is 4. The maximum atomic E-state index is 12.0. The number of Topliss-reactive ketones (excluding diaryl/α,β-unsaturated/α-hetero) is 1. The lowest BCUT2D eigenvalue weighted by Crippen LogP contribution is -2.26. The molecule has 0 amide bonds. The number of nitrogens with zero attached hydrogens (tertiary/aromatic N) is 2. The molecule has 4 heteroatoms. The van der Waals surface area contributed by atoms with Gasteiger partial charge in [0.1, 0.15) is 0 Å². The van der Waals surface area contributed by atoms with Crippen molar-refractivity contribution in [3.05, 3.63) is 10.6 Å². The van der Waals surface area contributed by atoms with Crippen LogP contribution in [0.1, 0.15) is 49.0 Å². The molecular weight excluding hydrogens is 232 g/mol. The van der Waals surface area contributed by atoms with E-state index in [-0.39, 0.29) is 11.2 Å². The van der Waals surface area contributed by atoms with Crippen molar-refractivity contribution >= 4 is 22.3 Å². The van der Waals surface area contributed by atoms with E-state index >= 15 is 0 Å². The Kier molecular flexibility index (Phi) is 3.25. The molecule has 1 aromatic heterocycles. The zero-order valence-electron chi connectivity index (χ0n) is 11.0. The second-order valence-corrected chi connectivity index (χ2v) is 6.61. The fourth-order valence-corrected chi connectivity index (χ4v) is 3.31. The Morgan fingerprint density at radius 1 is 1.41 bits per heavy atom.